The Labute approximate surface area is 382 Å². The second-order valence-corrected chi connectivity index (χ2v) is 17.1. The lowest BCUT2D eigenvalue weighted by Gasteiger charge is -2.30. The van der Waals surface area contributed by atoms with Gasteiger partial charge in [0.1, 0.15) is 0 Å². The van der Waals surface area contributed by atoms with Crippen LogP contribution in [0.4, 0.5) is 0 Å². The van der Waals surface area contributed by atoms with E-state index in [2.05, 4.69) is 244 Å². The lowest BCUT2D eigenvalue weighted by molar-refractivity contribution is 0.794. The van der Waals surface area contributed by atoms with Crippen molar-refractivity contribution in [2.75, 3.05) is 0 Å². The minimum atomic E-state index is -0.373. The van der Waals surface area contributed by atoms with Gasteiger partial charge in [0, 0.05) is 16.8 Å². The molecule has 11 rings (SSSR count). The normalized spacial score (nSPS) is 13.2. The predicted molar refractivity (Wildman–Crippen MR) is 274 cm³/mol. The molecule has 65 heavy (non-hydrogen) atoms. The Kier molecular flexibility index (Phi) is 10.1. The van der Waals surface area contributed by atoms with E-state index in [1.165, 1.54) is 77.9 Å². The predicted octanol–water partition coefficient (Wildman–Crippen LogP) is 16.5. The van der Waals surface area contributed by atoms with Gasteiger partial charge in [0.25, 0.3) is 0 Å². The van der Waals surface area contributed by atoms with Crippen LogP contribution in [0.2, 0.25) is 0 Å². The number of hydrogen-bond acceptors (Lipinski definition) is 1. The summed E-state index contributed by atoms with van der Waals surface area (Å²) in [5, 5.41) is 0. The summed E-state index contributed by atoms with van der Waals surface area (Å²) in [6.07, 6.45) is 2.00. The fourth-order valence-electron chi connectivity index (χ4n) is 10.4. The summed E-state index contributed by atoms with van der Waals surface area (Å²) >= 11 is 0. The monoisotopic (exact) mass is 829 g/mol. The average Bonchev–Trinajstić information content (AvgIpc) is 3.85. The molecule has 0 aromatic heterocycles. The summed E-state index contributed by atoms with van der Waals surface area (Å²) in [6, 6.07) is 81.7. The summed E-state index contributed by atoms with van der Waals surface area (Å²) < 4.78 is 0. The molecule has 0 saturated carbocycles. The van der Waals surface area contributed by atoms with Gasteiger partial charge in [-0.1, -0.05) is 218 Å². The first-order valence-electron chi connectivity index (χ1n) is 22.6. The highest BCUT2D eigenvalue weighted by molar-refractivity contribution is 6.04. The molecule has 9 aromatic rings. The van der Waals surface area contributed by atoms with Gasteiger partial charge in [-0.25, -0.2) is 0 Å². The van der Waals surface area contributed by atoms with Crippen molar-refractivity contribution in [2.24, 2.45) is 4.99 Å². The Morgan fingerprint density at radius 3 is 1.26 bits per heavy atom. The van der Waals surface area contributed by atoms with Crippen molar-refractivity contribution in [2.45, 2.75) is 26.2 Å². The van der Waals surface area contributed by atoms with Crippen LogP contribution in [-0.4, -0.2) is 5.71 Å². The number of nitrogens with zero attached hydrogens (tertiary/aromatic N) is 1. The van der Waals surface area contributed by atoms with Crippen LogP contribution in [0, 0.1) is 0 Å². The van der Waals surface area contributed by atoms with Gasteiger partial charge in [0.15, 0.2) is 0 Å². The third kappa shape index (κ3) is 6.77. The number of fused-ring (bicyclic) bond motifs is 10. The largest absolute Gasteiger partial charge is 0.252 e. The van der Waals surface area contributed by atoms with Crippen molar-refractivity contribution in [3.05, 3.63) is 281 Å². The molecule has 0 radical (unpaired) electrons. The first-order chi connectivity index (χ1) is 32.0. The molecule has 1 spiro atoms. The smallest absolute Gasteiger partial charge is 0.0746 e. The molecule has 2 aliphatic rings. The van der Waals surface area contributed by atoms with Gasteiger partial charge in [-0.3, -0.25) is 4.99 Å². The number of aliphatic imine (C=N–C) groups is 1. The van der Waals surface area contributed by atoms with Crippen molar-refractivity contribution in [1.82, 2.24) is 0 Å². The van der Waals surface area contributed by atoms with Crippen molar-refractivity contribution in [3.8, 4) is 55.6 Å². The molecule has 0 atom stereocenters. The fraction of sp³-hybridized carbons (Fsp3) is 0.0625. The summed E-state index contributed by atoms with van der Waals surface area (Å²) in [6.45, 7) is 6.33. The molecule has 1 nitrogen and oxygen atoms in total. The van der Waals surface area contributed by atoms with Crippen LogP contribution in [0.25, 0.3) is 66.9 Å². The second kappa shape index (κ2) is 16.6. The van der Waals surface area contributed by atoms with Gasteiger partial charge in [0.2, 0.25) is 0 Å². The van der Waals surface area contributed by atoms with Crippen LogP contribution in [0.5, 0.6) is 0 Å². The molecule has 0 saturated heterocycles. The average molecular weight is 830 g/mol. The molecule has 0 aliphatic heterocycles. The zero-order chi connectivity index (χ0) is 43.9. The van der Waals surface area contributed by atoms with E-state index < -0.39 is 0 Å². The Morgan fingerprint density at radius 1 is 0.385 bits per heavy atom. The van der Waals surface area contributed by atoms with Gasteiger partial charge in [-0.05, 0) is 128 Å². The third-order valence-electron chi connectivity index (χ3n) is 13.5. The Balaban J connectivity index is 0.982. The molecule has 0 bridgehead atoms. The second-order valence-electron chi connectivity index (χ2n) is 17.1. The molecule has 0 heterocycles. The van der Waals surface area contributed by atoms with E-state index in [4.69, 9.17) is 4.99 Å². The highest BCUT2D eigenvalue weighted by atomic mass is 14.8. The maximum Gasteiger partial charge on any atom is 0.0746 e. The minimum Gasteiger partial charge on any atom is -0.252 e. The first kappa shape index (κ1) is 39.7. The molecule has 0 unspecified atom stereocenters. The van der Waals surface area contributed by atoms with E-state index >= 15 is 0 Å². The van der Waals surface area contributed by atoms with Crippen LogP contribution in [0.3, 0.4) is 0 Å². The van der Waals surface area contributed by atoms with E-state index in [-0.39, 0.29) is 5.41 Å². The number of benzene rings is 9. The lowest BCUT2D eigenvalue weighted by atomic mass is 9.70. The van der Waals surface area contributed by atoms with Crippen LogP contribution in [0.15, 0.2) is 247 Å². The molecule has 0 fully saturated rings. The van der Waals surface area contributed by atoms with Crippen molar-refractivity contribution >= 4 is 17.0 Å². The number of hydrogen-bond donors (Lipinski definition) is 0. The molecule has 9 aromatic carbocycles. The van der Waals surface area contributed by atoms with E-state index in [1.807, 2.05) is 13.0 Å². The van der Waals surface area contributed by atoms with Gasteiger partial charge in [-0.15, -0.1) is 5.73 Å². The van der Waals surface area contributed by atoms with Crippen molar-refractivity contribution < 1.29 is 0 Å². The highest BCUT2D eigenvalue weighted by Gasteiger charge is 2.51. The topological polar surface area (TPSA) is 12.4 Å². The SMILES string of the molecule is CC=C=C(/C(C)=C(\N=C(C)c1ccc(-c2ccc3c(c2)C2(c4ccccc4-c4ccccc42)c2ccccc2-3)cc1)c1ccc(-c2ccccc2)cc1)c1ccc(-c2ccccc2)cc1. The number of rotatable bonds is 8. The van der Waals surface area contributed by atoms with E-state index in [9.17, 15) is 0 Å². The Hall–Kier alpha value is -8.09. The Morgan fingerprint density at radius 2 is 0.769 bits per heavy atom. The molecule has 0 N–H and O–H groups in total. The standard InChI is InChI=1S/C64H47N/c1-4-17-54(51-36-32-48(33-37-51)46-18-7-5-8-19-46)43(2)63(52-38-34-49(35-39-52)47-20-9-6-10-21-47)65-44(3)45-28-30-50(31-29-45)53-40-41-58-57-24-13-16-27-61(57)64(62(58)42-53)59-25-14-11-22-55(59)56-23-12-15-26-60(56)64/h4-16,18-42H,1-3H3/b63-43-,65-44?. The van der Waals surface area contributed by atoms with E-state index in [1.54, 1.807) is 0 Å². The molecular formula is C64H47N. The van der Waals surface area contributed by atoms with Gasteiger partial charge in [-0.2, -0.15) is 0 Å². The maximum atomic E-state index is 5.50. The van der Waals surface area contributed by atoms with E-state index in [0.717, 1.165) is 39.2 Å². The van der Waals surface area contributed by atoms with Crippen LogP contribution in [-0.2, 0) is 5.41 Å². The lowest BCUT2D eigenvalue weighted by Crippen LogP contribution is -2.25. The fourth-order valence-corrected chi connectivity index (χ4v) is 10.4. The van der Waals surface area contributed by atoms with Gasteiger partial charge < -0.3 is 0 Å². The Bertz CT molecular complexity index is 3310. The zero-order valence-electron chi connectivity index (χ0n) is 36.9. The van der Waals surface area contributed by atoms with Crippen LogP contribution in [0.1, 0.15) is 59.7 Å². The maximum absolute atomic E-state index is 5.50. The molecule has 2 aliphatic carbocycles. The number of allylic oxidation sites excluding steroid dienone is 2. The molecule has 1 heteroatoms. The van der Waals surface area contributed by atoms with Crippen molar-refractivity contribution in [3.63, 3.8) is 0 Å². The highest BCUT2D eigenvalue weighted by Crippen LogP contribution is 2.63. The summed E-state index contributed by atoms with van der Waals surface area (Å²) in [4.78, 5) is 5.50. The van der Waals surface area contributed by atoms with Crippen LogP contribution < -0.4 is 0 Å². The molecule has 308 valence electrons. The summed E-state index contributed by atoms with van der Waals surface area (Å²) in [5.41, 5.74) is 28.2. The van der Waals surface area contributed by atoms with Crippen molar-refractivity contribution in [1.29, 1.82) is 0 Å². The van der Waals surface area contributed by atoms with Gasteiger partial charge >= 0.3 is 0 Å². The van der Waals surface area contributed by atoms with Crippen LogP contribution >= 0.6 is 0 Å². The summed E-state index contributed by atoms with van der Waals surface area (Å²) in [7, 11) is 0. The first-order valence-corrected chi connectivity index (χ1v) is 22.6. The minimum absolute atomic E-state index is 0.373. The molecule has 0 amide bonds. The summed E-state index contributed by atoms with van der Waals surface area (Å²) in [5.74, 6) is 0. The van der Waals surface area contributed by atoms with E-state index in [0.29, 0.717) is 0 Å². The quantitative estimate of drug-likeness (QED) is 0.0822. The molecular weight excluding hydrogens is 783 g/mol. The third-order valence-corrected chi connectivity index (χ3v) is 13.5. The van der Waals surface area contributed by atoms with Gasteiger partial charge in [0.05, 0.1) is 11.1 Å². The zero-order valence-corrected chi connectivity index (χ0v) is 36.9.